The number of rotatable bonds is 7. The highest BCUT2D eigenvalue weighted by Crippen LogP contribution is 2.45. The minimum absolute atomic E-state index is 0.414. The fourth-order valence-electron chi connectivity index (χ4n) is 6.37. The van der Waals surface area contributed by atoms with Gasteiger partial charge < -0.3 is 11.5 Å². The SMILES string of the molecule is CC(C1=CC=C(c2ccc3c(sc4ccccc43)c2-c2ccc(/C(N)=C/C=C(\N)c3ccccc3)cc2)CC1)c1ccccc1. The van der Waals surface area contributed by atoms with Crippen molar-refractivity contribution in [2.45, 2.75) is 25.7 Å². The molecule has 5 aromatic carbocycles. The molecule has 0 amide bonds. The lowest BCUT2D eigenvalue weighted by Crippen LogP contribution is -2.03. The van der Waals surface area contributed by atoms with Crippen LogP contribution in [-0.4, -0.2) is 0 Å². The Morgan fingerprint density at radius 3 is 1.98 bits per heavy atom. The summed E-state index contributed by atoms with van der Waals surface area (Å²) in [6.45, 7) is 2.32. The highest BCUT2D eigenvalue weighted by atomic mass is 32.1. The van der Waals surface area contributed by atoms with Crippen molar-refractivity contribution in [3.8, 4) is 11.1 Å². The Hall–Kier alpha value is -5.12. The Bertz CT molecular complexity index is 2110. The average molecular weight is 601 g/mol. The van der Waals surface area contributed by atoms with Crippen LogP contribution in [0.1, 0.15) is 47.9 Å². The summed E-state index contributed by atoms with van der Waals surface area (Å²) in [6, 6.07) is 42.8. The van der Waals surface area contributed by atoms with E-state index in [1.54, 1.807) is 0 Å². The number of allylic oxidation sites excluding steroid dienone is 6. The second kappa shape index (κ2) is 12.5. The molecule has 0 bridgehead atoms. The van der Waals surface area contributed by atoms with Gasteiger partial charge >= 0.3 is 0 Å². The molecule has 1 unspecified atom stereocenters. The lowest BCUT2D eigenvalue weighted by atomic mass is 9.82. The van der Waals surface area contributed by atoms with E-state index in [1.165, 1.54) is 53.6 Å². The van der Waals surface area contributed by atoms with E-state index in [0.29, 0.717) is 17.3 Å². The summed E-state index contributed by atoms with van der Waals surface area (Å²) in [7, 11) is 0. The third kappa shape index (κ3) is 5.75. The molecule has 0 saturated carbocycles. The van der Waals surface area contributed by atoms with E-state index in [1.807, 2.05) is 53.8 Å². The molecule has 1 aliphatic rings. The van der Waals surface area contributed by atoms with Gasteiger partial charge in [-0.2, -0.15) is 0 Å². The molecule has 45 heavy (non-hydrogen) atoms. The predicted molar refractivity (Wildman–Crippen MR) is 196 cm³/mol. The first-order chi connectivity index (χ1) is 22.1. The van der Waals surface area contributed by atoms with Crippen molar-refractivity contribution < 1.29 is 0 Å². The van der Waals surface area contributed by atoms with Crippen LogP contribution in [-0.2, 0) is 0 Å². The minimum Gasteiger partial charge on any atom is -0.398 e. The van der Waals surface area contributed by atoms with Gasteiger partial charge in [0.05, 0.1) is 0 Å². The highest BCUT2D eigenvalue weighted by molar-refractivity contribution is 7.26. The van der Waals surface area contributed by atoms with Gasteiger partial charge in [-0.15, -0.1) is 11.3 Å². The third-order valence-electron chi connectivity index (χ3n) is 8.99. The van der Waals surface area contributed by atoms with Crippen LogP contribution in [0.4, 0.5) is 0 Å². The van der Waals surface area contributed by atoms with Crippen molar-refractivity contribution in [2.75, 3.05) is 0 Å². The van der Waals surface area contributed by atoms with E-state index in [2.05, 4.69) is 110 Å². The Balaban J connectivity index is 1.27. The largest absolute Gasteiger partial charge is 0.398 e. The molecule has 0 fully saturated rings. The number of nitrogens with two attached hydrogens (primary N) is 2. The van der Waals surface area contributed by atoms with Crippen molar-refractivity contribution in [2.24, 2.45) is 11.5 Å². The first-order valence-electron chi connectivity index (χ1n) is 15.5. The lowest BCUT2D eigenvalue weighted by Gasteiger charge is -2.22. The summed E-state index contributed by atoms with van der Waals surface area (Å²) >= 11 is 1.88. The fraction of sp³-hybridized carbons (Fsp3) is 0.0952. The van der Waals surface area contributed by atoms with E-state index in [9.17, 15) is 0 Å². The molecule has 0 spiro atoms. The van der Waals surface area contributed by atoms with Crippen molar-refractivity contribution in [1.29, 1.82) is 0 Å². The number of hydrogen-bond acceptors (Lipinski definition) is 3. The molecule has 0 aliphatic heterocycles. The van der Waals surface area contributed by atoms with Crippen LogP contribution in [0.2, 0.25) is 0 Å². The van der Waals surface area contributed by atoms with E-state index >= 15 is 0 Å². The van der Waals surface area contributed by atoms with Crippen molar-refractivity contribution in [3.63, 3.8) is 0 Å². The maximum atomic E-state index is 6.53. The fourth-order valence-corrected chi connectivity index (χ4v) is 7.64. The zero-order valence-corrected chi connectivity index (χ0v) is 26.2. The van der Waals surface area contributed by atoms with Gasteiger partial charge in [-0.05, 0) is 64.5 Å². The molecule has 220 valence electrons. The first-order valence-corrected chi connectivity index (χ1v) is 16.4. The monoisotopic (exact) mass is 600 g/mol. The molecule has 1 aliphatic carbocycles. The predicted octanol–water partition coefficient (Wildman–Crippen LogP) is 10.9. The lowest BCUT2D eigenvalue weighted by molar-refractivity contribution is 0.805. The minimum atomic E-state index is 0.414. The Morgan fingerprint density at radius 2 is 1.29 bits per heavy atom. The summed E-state index contributed by atoms with van der Waals surface area (Å²) in [4.78, 5) is 0. The topological polar surface area (TPSA) is 52.0 Å². The normalized spacial score (nSPS) is 14.8. The van der Waals surface area contributed by atoms with Gasteiger partial charge in [0.25, 0.3) is 0 Å². The number of hydrogen-bond donors (Lipinski definition) is 2. The van der Waals surface area contributed by atoms with Gasteiger partial charge in [0.1, 0.15) is 0 Å². The van der Waals surface area contributed by atoms with E-state index < -0.39 is 0 Å². The molecule has 4 N–H and O–H groups in total. The molecule has 0 radical (unpaired) electrons. The smallest absolute Gasteiger partial charge is 0.0439 e. The maximum absolute atomic E-state index is 6.53. The second-order valence-corrected chi connectivity index (χ2v) is 12.8. The second-order valence-electron chi connectivity index (χ2n) is 11.7. The van der Waals surface area contributed by atoms with E-state index in [-0.39, 0.29) is 0 Å². The summed E-state index contributed by atoms with van der Waals surface area (Å²) in [5.74, 6) is 0.414. The molecule has 1 heterocycles. The van der Waals surface area contributed by atoms with E-state index in [4.69, 9.17) is 11.5 Å². The van der Waals surface area contributed by atoms with Crippen LogP contribution in [0.5, 0.6) is 0 Å². The van der Waals surface area contributed by atoms with Gasteiger partial charge in [0, 0.05) is 43.0 Å². The molecular formula is C42H36N2S. The Morgan fingerprint density at radius 1 is 0.644 bits per heavy atom. The quantitative estimate of drug-likeness (QED) is 0.179. The molecule has 1 aromatic heterocycles. The summed E-state index contributed by atoms with van der Waals surface area (Å²) < 4.78 is 2.64. The zero-order chi connectivity index (χ0) is 30.8. The van der Waals surface area contributed by atoms with Crippen LogP contribution in [0.25, 0.3) is 48.3 Å². The number of benzene rings is 5. The molecule has 3 heteroatoms. The van der Waals surface area contributed by atoms with Crippen LogP contribution in [0, 0.1) is 0 Å². The van der Waals surface area contributed by atoms with Crippen LogP contribution in [0.15, 0.2) is 151 Å². The summed E-state index contributed by atoms with van der Waals surface area (Å²) in [5, 5.41) is 2.62. The number of thiophene rings is 1. The summed E-state index contributed by atoms with van der Waals surface area (Å²) in [6.07, 6.45) is 10.6. The summed E-state index contributed by atoms with van der Waals surface area (Å²) in [5.41, 5.74) is 24.2. The van der Waals surface area contributed by atoms with Gasteiger partial charge in [-0.1, -0.05) is 140 Å². The third-order valence-corrected chi connectivity index (χ3v) is 10.2. The Kier molecular flexibility index (Phi) is 7.94. The van der Waals surface area contributed by atoms with Crippen LogP contribution < -0.4 is 11.5 Å². The molecule has 1 atom stereocenters. The molecule has 6 aromatic rings. The van der Waals surface area contributed by atoms with Crippen LogP contribution in [0.3, 0.4) is 0 Å². The molecule has 2 nitrogen and oxygen atoms in total. The Labute approximate surface area is 269 Å². The molecule has 0 saturated heterocycles. The standard InChI is InChI=1S/C42H36N2S/c1-28(29-10-4-2-5-11-29)30-16-18-31(19-17-30)35-24-25-37-36-14-8-9-15-40(36)45-42(37)41(35)34-22-20-33(21-23-34)39(44)27-26-38(43)32-12-6-3-7-13-32/h2-16,18,20-28H,17,19,43-44H2,1H3/b38-26-,39-27-. The van der Waals surface area contributed by atoms with Gasteiger partial charge in [-0.3, -0.25) is 0 Å². The number of fused-ring (bicyclic) bond motifs is 3. The highest BCUT2D eigenvalue weighted by Gasteiger charge is 2.20. The van der Waals surface area contributed by atoms with Crippen molar-refractivity contribution in [3.05, 3.63) is 173 Å². The maximum Gasteiger partial charge on any atom is 0.0439 e. The van der Waals surface area contributed by atoms with Crippen LogP contribution >= 0.6 is 11.3 Å². The van der Waals surface area contributed by atoms with Gasteiger partial charge in [0.2, 0.25) is 0 Å². The van der Waals surface area contributed by atoms with E-state index in [0.717, 1.165) is 24.0 Å². The van der Waals surface area contributed by atoms with Gasteiger partial charge in [-0.25, -0.2) is 0 Å². The van der Waals surface area contributed by atoms with Crippen molar-refractivity contribution >= 4 is 48.5 Å². The zero-order valence-electron chi connectivity index (χ0n) is 25.4. The first kappa shape index (κ1) is 28.6. The van der Waals surface area contributed by atoms with Crippen molar-refractivity contribution in [1.82, 2.24) is 0 Å². The average Bonchev–Trinajstić information content (AvgIpc) is 3.49. The molecule has 7 rings (SSSR count). The molecular weight excluding hydrogens is 565 g/mol. The van der Waals surface area contributed by atoms with Gasteiger partial charge in [0.15, 0.2) is 0 Å².